The van der Waals surface area contributed by atoms with Gasteiger partial charge in [0.2, 0.25) is 5.91 Å². The van der Waals surface area contributed by atoms with Crippen molar-refractivity contribution in [3.8, 4) is 11.3 Å². The number of rotatable bonds is 9. The number of carbonyl (C=O) groups excluding carboxylic acids is 2. The van der Waals surface area contributed by atoms with Crippen molar-refractivity contribution in [2.24, 2.45) is 0 Å². The molecule has 0 saturated heterocycles. The Kier molecular flexibility index (Phi) is 8.01. The van der Waals surface area contributed by atoms with Gasteiger partial charge in [-0.25, -0.2) is 21.6 Å². The number of nitrogens with one attached hydrogen (secondary N) is 2. The lowest BCUT2D eigenvalue weighted by atomic mass is 10.1. The summed E-state index contributed by atoms with van der Waals surface area (Å²) in [6.07, 6.45) is 2.74. The van der Waals surface area contributed by atoms with E-state index in [2.05, 4.69) is 10.6 Å². The maximum Gasteiger partial charge on any atom is 0.410 e. The van der Waals surface area contributed by atoms with E-state index in [4.69, 9.17) is 4.74 Å². The molecule has 1 aliphatic carbocycles. The van der Waals surface area contributed by atoms with Crippen LogP contribution in [-0.2, 0) is 26.1 Å². The summed E-state index contributed by atoms with van der Waals surface area (Å²) in [5.74, 6) is -0.757. The highest BCUT2D eigenvalue weighted by molar-refractivity contribution is 7.90. The van der Waals surface area contributed by atoms with Crippen LogP contribution in [0.1, 0.15) is 39.2 Å². The van der Waals surface area contributed by atoms with Crippen molar-refractivity contribution in [3.05, 3.63) is 72.2 Å². The van der Waals surface area contributed by atoms with Gasteiger partial charge in [0, 0.05) is 30.5 Å². The number of anilines is 1. The largest absolute Gasteiger partial charge is 0.444 e. The zero-order valence-corrected chi connectivity index (χ0v) is 23.2. The fraction of sp³-hybridized carbons (Fsp3) is 0.357. The van der Waals surface area contributed by atoms with E-state index in [0.29, 0.717) is 11.3 Å². The molecular formula is C28H33FN4O5S. The van der Waals surface area contributed by atoms with Crippen LogP contribution < -0.4 is 10.6 Å². The fourth-order valence-electron chi connectivity index (χ4n) is 3.89. The molecule has 2 aromatic carbocycles. The van der Waals surface area contributed by atoms with E-state index >= 15 is 0 Å². The Balaban J connectivity index is 1.65. The molecule has 0 radical (unpaired) electrons. The van der Waals surface area contributed by atoms with Crippen LogP contribution in [0.3, 0.4) is 0 Å². The minimum Gasteiger partial charge on any atom is -0.444 e. The van der Waals surface area contributed by atoms with Crippen LogP contribution in [0, 0.1) is 5.82 Å². The zero-order valence-electron chi connectivity index (χ0n) is 22.4. The SMILES string of the molecule is CN(Cc1cc(-c2ccccc2F)n(S(=O)(=O)c2cccc(NCC(=O)NC3CC3)c2)c1)C(=O)OC(C)(C)C. The first kappa shape index (κ1) is 28.2. The average Bonchev–Trinajstić information content (AvgIpc) is 3.58. The first-order chi connectivity index (χ1) is 18.3. The number of carbonyl (C=O) groups is 2. The normalized spacial score (nSPS) is 13.6. The van der Waals surface area contributed by atoms with E-state index in [9.17, 15) is 22.4 Å². The molecule has 11 heteroatoms. The monoisotopic (exact) mass is 556 g/mol. The maximum atomic E-state index is 14.8. The number of halogens is 1. The van der Waals surface area contributed by atoms with Gasteiger partial charge in [-0.1, -0.05) is 18.2 Å². The predicted octanol–water partition coefficient (Wildman–Crippen LogP) is 4.59. The number of nitrogens with zero attached hydrogens (tertiary/aromatic N) is 2. The van der Waals surface area contributed by atoms with Crippen LogP contribution >= 0.6 is 0 Å². The molecule has 3 aromatic rings. The Morgan fingerprint density at radius 2 is 1.82 bits per heavy atom. The molecule has 1 aromatic heterocycles. The third-order valence-electron chi connectivity index (χ3n) is 5.90. The highest BCUT2D eigenvalue weighted by Crippen LogP contribution is 2.30. The quantitative estimate of drug-likeness (QED) is 0.399. The molecule has 9 nitrogen and oxygen atoms in total. The van der Waals surface area contributed by atoms with E-state index < -0.39 is 27.5 Å². The lowest BCUT2D eigenvalue weighted by Gasteiger charge is -2.24. The molecule has 0 aliphatic heterocycles. The predicted molar refractivity (Wildman–Crippen MR) is 146 cm³/mol. The summed E-state index contributed by atoms with van der Waals surface area (Å²) in [6.45, 7) is 5.30. The molecule has 0 spiro atoms. The molecule has 0 atom stereocenters. The van der Waals surface area contributed by atoms with Crippen LogP contribution in [0.25, 0.3) is 11.3 Å². The zero-order chi connectivity index (χ0) is 28.4. The van der Waals surface area contributed by atoms with Crippen molar-refractivity contribution in [2.75, 3.05) is 18.9 Å². The number of aromatic nitrogens is 1. The summed E-state index contributed by atoms with van der Waals surface area (Å²) in [4.78, 5) is 25.8. The molecule has 1 aliphatic rings. The van der Waals surface area contributed by atoms with Crippen LogP contribution in [-0.4, -0.2) is 54.5 Å². The van der Waals surface area contributed by atoms with Crippen LogP contribution in [0.2, 0.25) is 0 Å². The van der Waals surface area contributed by atoms with E-state index in [1.807, 2.05) is 0 Å². The van der Waals surface area contributed by atoms with E-state index in [1.165, 1.54) is 48.5 Å². The second kappa shape index (κ2) is 11.1. The summed E-state index contributed by atoms with van der Waals surface area (Å²) in [6, 6.07) is 13.7. The van der Waals surface area contributed by atoms with Crippen molar-refractivity contribution >= 4 is 27.7 Å². The average molecular weight is 557 g/mol. The van der Waals surface area contributed by atoms with Crippen molar-refractivity contribution < 1.29 is 27.1 Å². The van der Waals surface area contributed by atoms with Crippen molar-refractivity contribution in [1.82, 2.24) is 14.2 Å². The first-order valence-corrected chi connectivity index (χ1v) is 14.1. The lowest BCUT2D eigenvalue weighted by Crippen LogP contribution is -2.33. The lowest BCUT2D eigenvalue weighted by molar-refractivity contribution is -0.119. The number of hydrogen-bond donors (Lipinski definition) is 2. The summed E-state index contributed by atoms with van der Waals surface area (Å²) in [7, 11) is -2.65. The minimum absolute atomic E-state index is 0.00510. The smallest absolute Gasteiger partial charge is 0.410 e. The summed E-state index contributed by atoms with van der Waals surface area (Å²) in [5, 5.41) is 5.82. The van der Waals surface area contributed by atoms with Crippen LogP contribution in [0.15, 0.2) is 65.7 Å². The van der Waals surface area contributed by atoms with Crippen molar-refractivity contribution in [1.29, 1.82) is 0 Å². The van der Waals surface area contributed by atoms with Gasteiger partial charge in [0.1, 0.15) is 11.4 Å². The molecule has 0 unspecified atom stereocenters. The van der Waals surface area contributed by atoms with Crippen LogP contribution in [0.4, 0.5) is 14.9 Å². The highest BCUT2D eigenvalue weighted by Gasteiger charge is 2.26. The maximum absolute atomic E-state index is 14.8. The number of amides is 2. The Hall–Kier alpha value is -3.86. The van der Waals surface area contributed by atoms with Gasteiger partial charge in [-0.3, -0.25) is 4.79 Å². The molecule has 2 amide bonds. The van der Waals surface area contributed by atoms with E-state index in [-0.39, 0.29) is 41.2 Å². The standard InChI is InChI=1S/C28H33FN4O5S/c1-28(2,3)38-27(35)32(4)17-19-14-25(23-10-5-6-11-24(23)29)33(18-19)39(36,37)22-9-7-8-21(15-22)30-16-26(34)31-20-12-13-20/h5-11,14-15,18,20,30H,12-13,16-17H2,1-4H3,(H,31,34). The molecule has 2 N–H and O–H groups in total. The second-order valence-electron chi connectivity index (χ2n) is 10.6. The first-order valence-electron chi connectivity index (χ1n) is 12.6. The number of ether oxygens (including phenoxy) is 1. The summed E-state index contributed by atoms with van der Waals surface area (Å²) in [5.41, 5.74) is 0.431. The topological polar surface area (TPSA) is 110 Å². The Bertz CT molecular complexity index is 1480. The number of benzene rings is 2. The molecule has 1 saturated carbocycles. The minimum atomic E-state index is -4.19. The summed E-state index contributed by atoms with van der Waals surface area (Å²) < 4.78 is 48.9. The Morgan fingerprint density at radius 1 is 1.10 bits per heavy atom. The Morgan fingerprint density at radius 3 is 2.49 bits per heavy atom. The fourth-order valence-corrected chi connectivity index (χ4v) is 5.33. The van der Waals surface area contributed by atoms with Gasteiger partial charge < -0.3 is 20.3 Å². The van der Waals surface area contributed by atoms with Gasteiger partial charge in [-0.2, -0.15) is 0 Å². The van der Waals surface area contributed by atoms with E-state index in [0.717, 1.165) is 16.8 Å². The number of hydrogen-bond acceptors (Lipinski definition) is 6. The molecular weight excluding hydrogens is 523 g/mol. The molecule has 0 bridgehead atoms. The molecule has 208 valence electrons. The molecule has 4 rings (SSSR count). The van der Waals surface area contributed by atoms with Gasteiger partial charge >= 0.3 is 6.09 Å². The molecule has 1 fully saturated rings. The van der Waals surface area contributed by atoms with Gasteiger partial charge in [0.15, 0.2) is 0 Å². The van der Waals surface area contributed by atoms with Gasteiger partial charge in [-0.15, -0.1) is 0 Å². The molecule has 39 heavy (non-hydrogen) atoms. The highest BCUT2D eigenvalue weighted by atomic mass is 32.2. The van der Waals surface area contributed by atoms with Gasteiger partial charge in [-0.05, 0) is 75.6 Å². The van der Waals surface area contributed by atoms with E-state index in [1.54, 1.807) is 45.0 Å². The summed E-state index contributed by atoms with van der Waals surface area (Å²) >= 11 is 0. The van der Waals surface area contributed by atoms with Gasteiger partial charge in [0.05, 0.1) is 23.7 Å². The van der Waals surface area contributed by atoms with Gasteiger partial charge in [0.25, 0.3) is 10.0 Å². The van der Waals surface area contributed by atoms with Crippen LogP contribution in [0.5, 0.6) is 0 Å². The molecule has 1 heterocycles. The third-order valence-corrected chi connectivity index (χ3v) is 7.57. The van der Waals surface area contributed by atoms with Crippen molar-refractivity contribution in [3.63, 3.8) is 0 Å². The second-order valence-corrected chi connectivity index (χ2v) is 12.4. The Labute approximate surface area is 228 Å². The third kappa shape index (κ3) is 7.17. The van der Waals surface area contributed by atoms with Crippen molar-refractivity contribution in [2.45, 2.75) is 56.7 Å².